The Balaban J connectivity index is -0.0000000540. The van der Waals surface area contributed by atoms with Gasteiger partial charge in [-0.05, 0) is 0 Å². The monoisotopic (exact) mass is 311 g/mol. The number of nitro benzene ring substituents is 1. The molecule has 0 aliphatic carbocycles. The van der Waals surface area contributed by atoms with Gasteiger partial charge in [0, 0.05) is 12.1 Å². The van der Waals surface area contributed by atoms with E-state index in [1.54, 1.807) is 18.2 Å². The summed E-state index contributed by atoms with van der Waals surface area (Å²) in [4.78, 5) is 9.59. The van der Waals surface area contributed by atoms with Crippen molar-refractivity contribution in [1.82, 2.24) is 0 Å². The third-order valence-electron chi connectivity index (χ3n) is 0.967. The second-order valence-electron chi connectivity index (χ2n) is 1.59. The van der Waals surface area contributed by atoms with E-state index < -0.39 is 4.92 Å². The summed E-state index contributed by atoms with van der Waals surface area (Å²) in [5.74, 6) is 0. The first kappa shape index (κ1) is 29.3. The predicted octanol–water partition coefficient (Wildman–Crippen LogP) is -10.4. The molecule has 0 saturated heterocycles. The van der Waals surface area contributed by atoms with Gasteiger partial charge in [-0.25, -0.2) is 0 Å². The van der Waals surface area contributed by atoms with Crippen molar-refractivity contribution < 1.29 is 76.3 Å². The van der Waals surface area contributed by atoms with E-state index in [1.165, 1.54) is 12.1 Å². The second kappa shape index (κ2) is 15.9. The molecule has 0 aliphatic rings. The van der Waals surface area contributed by atoms with Crippen molar-refractivity contribution in [3.8, 4) is 0 Å². The summed E-state index contributed by atoms with van der Waals surface area (Å²) >= 11 is 0. The van der Waals surface area contributed by atoms with Gasteiger partial charge in [-0.2, -0.15) is 0 Å². The first-order chi connectivity index (χ1) is 4.30. The second-order valence-corrected chi connectivity index (χ2v) is 1.59. The Kier molecular flexibility index (Phi) is 33.3. The first-order valence-corrected chi connectivity index (χ1v) is 2.50. The van der Waals surface area contributed by atoms with Gasteiger partial charge in [-0.3, -0.25) is 10.1 Å². The summed E-state index contributed by atoms with van der Waals surface area (Å²) in [7, 11) is 0. The molecule has 0 amide bonds. The van der Waals surface area contributed by atoms with Crippen molar-refractivity contribution >= 4 is 5.69 Å². The molecule has 3 nitrogen and oxygen atoms in total. The molecule has 0 atom stereocenters. The van der Waals surface area contributed by atoms with Crippen LogP contribution in [0.5, 0.6) is 0 Å². The minimum atomic E-state index is -0.417. The van der Waals surface area contributed by atoms with Gasteiger partial charge < -0.3 is 49.6 Å². The zero-order chi connectivity index (χ0) is 6.69. The maximum Gasteiger partial charge on any atom is 4.00 e. The van der Waals surface area contributed by atoms with Crippen LogP contribution in [0.3, 0.4) is 0 Å². The summed E-state index contributed by atoms with van der Waals surface area (Å²) in [6.07, 6.45) is 0. The van der Waals surface area contributed by atoms with E-state index in [0.29, 0.717) is 0 Å². The Morgan fingerprint density at radius 3 is 1.50 bits per heavy atom. The number of para-hydroxylation sites is 1. The average Bonchev–Trinajstić information content (AvgIpc) is 1.90. The quantitative estimate of drug-likeness (QED) is 0.294. The maximum absolute atomic E-state index is 10.0. The fraction of sp³-hybridized carbons (Fsp3) is 0. The molecule has 0 bridgehead atoms. The largest absolute Gasteiger partial charge is 4.00 e. The van der Waals surface area contributed by atoms with E-state index in [-0.39, 0.29) is 77.0 Å². The van der Waals surface area contributed by atoms with Crippen LogP contribution in [0, 0.1) is 10.1 Å². The van der Waals surface area contributed by atoms with Crippen molar-refractivity contribution in [1.29, 1.82) is 0 Å². The van der Waals surface area contributed by atoms with E-state index in [4.69, 9.17) is 0 Å². The molecule has 0 spiro atoms. The molecular formula is C6H5Cl4NO2Ti. The summed E-state index contributed by atoms with van der Waals surface area (Å²) in [5.41, 5.74) is 0.137. The molecular weight excluding hydrogens is 308 g/mol. The molecule has 0 N–H and O–H groups in total. The minimum Gasteiger partial charge on any atom is -1.00 e. The number of hydrogen-bond acceptors (Lipinski definition) is 2. The topological polar surface area (TPSA) is 43.1 Å². The van der Waals surface area contributed by atoms with Gasteiger partial charge in [-0.15, -0.1) is 0 Å². The summed E-state index contributed by atoms with van der Waals surface area (Å²) < 4.78 is 0. The SMILES string of the molecule is O=[N+]([O-])c1ccccc1.[Cl-].[Cl-].[Cl-].[Cl-].[Ti+4]. The smallest absolute Gasteiger partial charge is 1.00 e. The normalized spacial score (nSPS) is 5.71. The molecule has 14 heavy (non-hydrogen) atoms. The number of hydrogen-bond donors (Lipinski definition) is 0. The van der Waals surface area contributed by atoms with E-state index in [2.05, 4.69) is 0 Å². The van der Waals surface area contributed by atoms with Crippen molar-refractivity contribution in [2.75, 3.05) is 0 Å². The average molecular weight is 313 g/mol. The van der Waals surface area contributed by atoms with Gasteiger partial charge >= 0.3 is 21.7 Å². The maximum atomic E-state index is 10.0. The Morgan fingerprint density at radius 1 is 0.929 bits per heavy atom. The molecule has 0 fully saturated rings. The van der Waals surface area contributed by atoms with Crippen LogP contribution in [0.1, 0.15) is 0 Å². The van der Waals surface area contributed by atoms with Crippen molar-refractivity contribution in [3.05, 3.63) is 40.4 Å². The van der Waals surface area contributed by atoms with E-state index >= 15 is 0 Å². The van der Waals surface area contributed by atoms with Crippen LogP contribution in [-0.4, -0.2) is 4.92 Å². The van der Waals surface area contributed by atoms with Gasteiger partial charge in [-0.1, -0.05) is 18.2 Å². The van der Waals surface area contributed by atoms with Crippen LogP contribution >= 0.6 is 0 Å². The van der Waals surface area contributed by atoms with Crippen LogP contribution in [-0.2, 0) is 21.7 Å². The van der Waals surface area contributed by atoms with Crippen molar-refractivity contribution in [2.24, 2.45) is 0 Å². The van der Waals surface area contributed by atoms with Gasteiger partial charge in [0.15, 0.2) is 0 Å². The third-order valence-corrected chi connectivity index (χ3v) is 0.967. The number of nitrogens with zero attached hydrogens (tertiary/aromatic N) is 1. The summed E-state index contributed by atoms with van der Waals surface area (Å²) in [5, 5.41) is 10.0. The Labute approximate surface area is 122 Å². The molecule has 0 heterocycles. The van der Waals surface area contributed by atoms with Crippen LogP contribution in [0.4, 0.5) is 5.69 Å². The number of non-ortho nitro benzene ring substituents is 1. The summed E-state index contributed by atoms with van der Waals surface area (Å²) in [6, 6.07) is 7.93. The first-order valence-electron chi connectivity index (χ1n) is 2.50. The molecule has 78 valence electrons. The molecule has 0 aliphatic heterocycles. The van der Waals surface area contributed by atoms with Crippen LogP contribution < -0.4 is 49.6 Å². The van der Waals surface area contributed by atoms with Crippen molar-refractivity contribution in [3.63, 3.8) is 0 Å². The molecule has 1 aromatic carbocycles. The predicted molar refractivity (Wildman–Crippen MR) is 33.1 cm³/mol. The molecule has 0 unspecified atom stereocenters. The molecule has 1 aromatic rings. The fourth-order valence-electron chi connectivity index (χ4n) is 0.550. The third kappa shape index (κ3) is 10.6. The molecule has 0 saturated carbocycles. The summed E-state index contributed by atoms with van der Waals surface area (Å²) in [6.45, 7) is 0. The molecule has 0 radical (unpaired) electrons. The molecule has 1 rings (SSSR count). The van der Waals surface area contributed by atoms with Gasteiger partial charge in [0.1, 0.15) is 0 Å². The Morgan fingerprint density at radius 2 is 1.29 bits per heavy atom. The van der Waals surface area contributed by atoms with E-state index in [0.717, 1.165) is 0 Å². The number of rotatable bonds is 1. The van der Waals surface area contributed by atoms with Gasteiger partial charge in [0.2, 0.25) is 0 Å². The zero-order valence-electron chi connectivity index (χ0n) is 6.66. The van der Waals surface area contributed by atoms with Crippen LogP contribution in [0.25, 0.3) is 0 Å². The Hall–Kier alpha value is 0.494. The van der Waals surface area contributed by atoms with E-state index in [1.807, 2.05) is 0 Å². The number of halogens is 4. The van der Waals surface area contributed by atoms with Crippen LogP contribution in [0.15, 0.2) is 30.3 Å². The van der Waals surface area contributed by atoms with E-state index in [9.17, 15) is 10.1 Å². The van der Waals surface area contributed by atoms with Crippen molar-refractivity contribution in [2.45, 2.75) is 0 Å². The Bertz CT molecular complexity index is 224. The fourth-order valence-corrected chi connectivity index (χ4v) is 0.550. The standard InChI is InChI=1S/C6H5NO2.4ClH.Ti/c8-7(9)6-4-2-1-3-5-6;;;;;/h1-5H;4*1H;/q;;;;;+4/p-4. The zero-order valence-corrected chi connectivity index (χ0v) is 11.2. The number of nitro groups is 1. The van der Waals surface area contributed by atoms with Gasteiger partial charge in [0.05, 0.1) is 4.92 Å². The van der Waals surface area contributed by atoms with Crippen LogP contribution in [0.2, 0.25) is 0 Å². The molecule has 8 heteroatoms. The molecule has 0 aromatic heterocycles. The number of benzene rings is 1. The van der Waals surface area contributed by atoms with Gasteiger partial charge in [0.25, 0.3) is 5.69 Å². The minimum absolute atomic E-state index is 0.